The molecule has 0 spiro atoms. The molecule has 204 valence electrons. The van der Waals surface area contributed by atoms with Gasteiger partial charge in [-0.15, -0.1) is 0 Å². The summed E-state index contributed by atoms with van der Waals surface area (Å²) in [6.45, 7) is 0. The third kappa shape index (κ3) is 4.30. The first-order valence-corrected chi connectivity index (χ1v) is 7.73. The maximum atomic E-state index is 13.4. The van der Waals surface area contributed by atoms with Gasteiger partial charge >= 0.3 is 59.5 Å². The van der Waals surface area contributed by atoms with Gasteiger partial charge in [0, 0.05) is 12.8 Å². The number of carboxylic acids is 1. The van der Waals surface area contributed by atoms with Crippen LogP contribution in [0.2, 0.25) is 0 Å². The predicted octanol–water partition coefficient (Wildman–Crippen LogP) is 6.89. The lowest BCUT2D eigenvalue weighted by molar-refractivity contribution is -0.468. The van der Waals surface area contributed by atoms with E-state index in [1.807, 2.05) is 0 Å². The lowest BCUT2D eigenvalue weighted by atomic mass is 9.86. The van der Waals surface area contributed by atoms with Crippen LogP contribution >= 0.6 is 0 Å². The van der Waals surface area contributed by atoms with Crippen molar-refractivity contribution in [2.24, 2.45) is 0 Å². The van der Waals surface area contributed by atoms with Gasteiger partial charge in [-0.3, -0.25) is 4.79 Å². The van der Waals surface area contributed by atoms with Gasteiger partial charge in [0.1, 0.15) is 0 Å². The fourth-order valence-electron chi connectivity index (χ4n) is 2.01. The van der Waals surface area contributed by atoms with Crippen LogP contribution in [0.3, 0.4) is 0 Å². The summed E-state index contributed by atoms with van der Waals surface area (Å²) < 4.78 is 247. The highest BCUT2D eigenvalue weighted by Crippen LogP contribution is 2.65. The van der Waals surface area contributed by atoms with Gasteiger partial charge in [-0.1, -0.05) is 0 Å². The largest absolute Gasteiger partial charge is 0.481 e. The minimum Gasteiger partial charge on any atom is -0.481 e. The van der Waals surface area contributed by atoms with Gasteiger partial charge in [0.2, 0.25) is 0 Å². The van der Waals surface area contributed by atoms with Crippen molar-refractivity contribution in [2.75, 3.05) is 0 Å². The molecule has 0 unspecified atom stereocenters. The molecule has 0 aromatic rings. The van der Waals surface area contributed by atoms with E-state index in [0.717, 1.165) is 0 Å². The second-order valence-electron chi connectivity index (χ2n) is 6.47. The Morgan fingerprint density at radius 2 is 0.735 bits per heavy atom. The van der Waals surface area contributed by atoms with E-state index in [2.05, 4.69) is 0 Å². The summed E-state index contributed by atoms with van der Waals surface area (Å²) in [5.74, 6) is -68.9. The SMILES string of the molecule is O=C(O)CCCC(F)(F)C(F)(F)C(F)(F)C(F)(F)C(F)(F)C(F)(F)C(F)(F)C(F)(F)C(F)(F)F. The summed E-state index contributed by atoms with van der Waals surface area (Å²) in [5, 5.41) is 8.10. The van der Waals surface area contributed by atoms with Crippen LogP contribution in [0, 0.1) is 0 Å². The molecule has 34 heavy (non-hydrogen) atoms. The number of hydrogen-bond acceptors (Lipinski definition) is 1. The number of alkyl halides is 19. The summed E-state index contributed by atoms with van der Waals surface area (Å²) in [7, 11) is 0. The number of rotatable bonds is 11. The molecule has 0 fully saturated rings. The van der Waals surface area contributed by atoms with E-state index in [-0.39, 0.29) is 0 Å². The fourth-order valence-corrected chi connectivity index (χ4v) is 2.01. The Hall–Kier alpha value is -1.86. The molecular weight excluding hydrogens is 549 g/mol. The zero-order chi connectivity index (χ0) is 28.2. The first-order chi connectivity index (χ1) is 14.4. The van der Waals surface area contributed by atoms with Crippen molar-refractivity contribution in [3.8, 4) is 0 Å². The van der Waals surface area contributed by atoms with Gasteiger partial charge < -0.3 is 5.11 Å². The summed E-state index contributed by atoms with van der Waals surface area (Å²) in [4.78, 5) is 10.1. The van der Waals surface area contributed by atoms with Crippen LogP contribution in [0.15, 0.2) is 0 Å². The molecule has 0 aliphatic heterocycles. The molecular formula is C13H7F19O2. The molecule has 0 aromatic carbocycles. The normalized spacial score (nSPS) is 16.1. The molecule has 0 saturated heterocycles. The third-order valence-electron chi connectivity index (χ3n) is 4.06. The molecule has 0 saturated carbocycles. The monoisotopic (exact) mass is 556 g/mol. The van der Waals surface area contributed by atoms with Gasteiger partial charge in [0.05, 0.1) is 0 Å². The maximum Gasteiger partial charge on any atom is 0.460 e. The van der Waals surface area contributed by atoms with Crippen LogP contribution in [0.25, 0.3) is 0 Å². The Labute approximate surface area is 173 Å². The quantitative estimate of drug-likeness (QED) is 0.282. The molecule has 0 amide bonds. The van der Waals surface area contributed by atoms with Crippen molar-refractivity contribution in [3.63, 3.8) is 0 Å². The highest BCUT2D eigenvalue weighted by Gasteiger charge is 2.96. The number of carbonyl (C=O) groups is 1. The molecule has 0 bridgehead atoms. The highest BCUT2D eigenvalue weighted by molar-refractivity contribution is 5.66. The lowest BCUT2D eigenvalue weighted by Gasteiger charge is -2.43. The van der Waals surface area contributed by atoms with E-state index < -0.39 is 78.8 Å². The molecule has 2 nitrogen and oxygen atoms in total. The van der Waals surface area contributed by atoms with Gasteiger partial charge in [-0.25, -0.2) is 0 Å². The summed E-state index contributed by atoms with van der Waals surface area (Å²) >= 11 is 0. The fraction of sp³-hybridized carbons (Fsp3) is 0.923. The smallest absolute Gasteiger partial charge is 0.460 e. The zero-order valence-electron chi connectivity index (χ0n) is 15.2. The average molecular weight is 556 g/mol. The second kappa shape index (κ2) is 8.37. The van der Waals surface area contributed by atoms with Crippen molar-refractivity contribution < 1.29 is 93.3 Å². The molecule has 1 N–H and O–H groups in total. The molecule has 0 aliphatic carbocycles. The summed E-state index contributed by atoms with van der Waals surface area (Å²) in [5.41, 5.74) is 0. The number of halogens is 19. The van der Waals surface area contributed by atoms with Crippen LogP contribution < -0.4 is 0 Å². The lowest BCUT2D eigenvalue weighted by Crippen LogP contribution is -2.75. The second-order valence-corrected chi connectivity index (χ2v) is 6.47. The molecule has 21 heteroatoms. The Morgan fingerprint density at radius 1 is 0.471 bits per heavy atom. The molecule has 0 rings (SSSR count). The molecule has 0 aromatic heterocycles. The van der Waals surface area contributed by atoms with Crippen molar-refractivity contribution >= 4 is 5.97 Å². The minimum absolute atomic E-state index is 1.55. The average Bonchev–Trinajstić information content (AvgIpc) is 2.58. The Balaban J connectivity index is 6.68. The van der Waals surface area contributed by atoms with E-state index >= 15 is 0 Å². The number of hydrogen-bond donors (Lipinski definition) is 1. The summed E-state index contributed by atoms with van der Waals surface area (Å²) in [6.07, 6.45) is -14.1. The first kappa shape index (κ1) is 32.1. The standard InChI is InChI=1S/C13H7F19O2/c14-5(15,3-1-2-4(33)34)6(16,17)7(18,19)8(20,21)9(22,23)10(24,25)11(26,27)12(28,29)13(30,31)32/h1-3H2,(H,33,34). The van der Waals surface area contributed by atoms with Crippen LogP contribution in [0.5, 0.6) is 0 Å². The molecule has 0 heterocycles. The van der Waals surface area contributed by atoms with E-state index in [1.165, 1.54) is 0 Å². The van der Waals surface area contributed by atoms with Crippen molar-refractivity contribution in [3.05, 3.63) is 0 Å². The Bertz CT molecular complexity index is 750. The van der Waals surface area contributed by atoms with Crippen molar-refractivity contribution in [1.29, 1.82) is 0 Å². The van der Waals surface area contributed by atoms with E-state index in [9.17, 15) is 88.2 Å². The molecule has 0 aliphatic rings. The van der Waals surface area contributed by atoms with Gasteiger partial charge in [0.15, 0.2) is 0 Å². The third-order valence-corrected chi connectivity index (χ3v) is 4.06. The molecule has 0 atom stereocenters. The van der Waals surface area contributed by atoms with Gasteiger partial charge in [-0.2, -0.15) is 83.4 Å². The zero-order valence-corrected chi connectivity index (χ0v) is 15.2. The first-order valence-electron chi connectivity index (χ1n) is 7.73. The van der Waals surface area contributed by atoms with E-state index in [4.69, 9.17) is 5.11 Å². The van der Waals surface area contributed by atoms with Crippen LogP contribution in [-0.4, -0.2) is 64.6 Å². The van der Waals surface area contributed by atoms with Crippen LogP contribution in [-0.2, 0) is 4.79 Å². The Morgan fingerprint density at radius 3 is 1.00 bits per heavy atom. The maximum absolute atomic E-state index is 13.4. The van der Waals surface area contributed by atoms with Crippen molar-refractivity contribution in [1.82, 2.24) is 0 Å². The predicted molar refractivity (Wildman–Crippen MR) is 67.1 cm³/mol. The van der Waals surface area contributed by atoms with E-state index in [0.29, 0.717) is 0 Å². The molecule has 0 radical (unpaired) electrons. The topological polar surface area (TPSA) is 37.3 Å². The van der Waals surface area contributed by atoms with Crippen LogP contribution in [0.4, 0.5) is 83.4 Å². The van der Waals surface area contributed by atoms with Gasteiger partial charge in [0.25, 0.3) is 0 Å². The highest BCUT2D eigenvalue weighted by atomic mass is 19.4. The van der Waals surface area contributed by atoms with Crippen LogP contribution in [0.1, 0.15) is 19.3 Å². The van der Waals surface area contributed by atoms with E-state index in [1.54, 1.807) is 0 Å². The van der Waals surface area contributed by atoms with Crippen molar-refractivity contribution in [2.45, 2.75) is 72.8 Å². The number of aliphatic carboxylic acids is 1. The minimum atomic E-state index is -8.96. The number of carboxylic acid groups (broad SMARTS) is 1. The summed E-state index contributed by atoms with van der Waals surface area (Å²) in [6, 6.07) is 0. The van der Waals surface area contributed by atoms with Gasteiger partial charge in [-0.05, 0) is 6.42 Å². The Kier molecular flexibility index (Phi) is 7.91.